The summed E-state index contributed by atoms with van der Waals surface area (Å²) in [6.45, 7) is 7.54. The number of aryl methyl sites for hydroxylation is 2. The van der Waals surface area contributed by atoms with Crippen LogP contribution >= 0.6 is 0 Å². The lowest BCUT2D eigenvalue weighted by Gasteiger charge is -2.10. The molecule has 6 nitrogen and oxygen atoms in total. The lowest BCUT2D eigenvalue weighted by Crippen LogP contribution is -2.25. The number of hydrazone groups is 1. The second kappa shape index (κ2) is 10.4. The molecule has 0 bridgehead atoms. The molecule has 3 rings (SSSR count). The third kappa shape index (κ3) is 6.04. The maximum Gasteiger partial charge on any atom is 0.277 e. The first-order valence-corrected chi connectivity index (χ1v) is 10.3. The molecule has 0 aliphatic carbocycles. The van der Waals surface area contributed by atoms with Crippen LogP contribution in [0.2, 0.25) is 0 Å². The highest BCUT2D eigenvalue weighted by atomic mass is 16.5. The van der Waals surface area contributed by atoms with Crippen molar-refractivity contribution in [2.45, 2.75) is 27.7 Å². The molecule has 0 radical (unpaired) electrons. The molecule has 0 fully saturated rings. The van der Waals surface area contributed by atoms with E-state index in [1.165, 1.54) is 0 Å². The van der Waals surface area contributed by atoms with E-state index >= 15 is 0 Å². The van der Waals surface area contributed by atoms with E-state index in [4.69, 9.17) is 4.74 Å². The number of carbonyl (C=O) groups is 2. The summed E-state index contributed by atoms with van der Waals surface area (Å²) in [5, 5.41) is 7.05. The maximum atomic E-state index is 12.5. The second-order valence-electron chi connectivity index (χ2n) is 7.62. The van der Waals surface area contributed by atoms with E-state index < -0.39 is 0 Å². The molecule has 2 amide bonds. The molecule has 2 N–H and O–H groups in total. The van der Waals surface area contributed by atoms with Crippen LogP contribution in [0.3, 0.4) is 0 Å². The smallest absolute Gasteiger partial charge is 0.277 e. The fourth-order valence-corrected chi connectivity index (χ4v) is 3.08. The van der Waals surface area contributed by atoms with E-state index in [1.807, 2.05) is 75.4 Å². The van der Waals surface area contributed by atoms with Gasteiger partial charge in [0, 0.05) is 11.3 Å². The molecule has 3 aromatic carbocycles. The molecule has 0 aliphatic rings. The molecule has 3 aromatic rings. The van der Waals surface area contributed by atoms with E-state index in [0.29, 0.717) is 22.7 Å². The van der Waals surface area contributed by atoms with Crippen LogP contribution in [-0.4, -0.2) is 24.1 Å². The van der Waals surface area contributed by atoms with Crippen LogP contribution in [-0.2, 0) is 4.79 Å². The predicted molar refractivity (Wildman–Crippen MR) is 127 cm³/mol. The average molecular weight is 430 g/mol. The normalized spacial score (nSPS) is 11.1. The molecule has 6 heteroatoms. The summed E-state index contributed by atoms with van der Waals surface area (Å²) in [5.74, 6) is 0.143. The van der Waals surface area contributed by atoms with Crippen LogP contribution in [0.25, 0.3) is 0 Å². The molecule has 0 unspecified atom stereocenters. The van der Waals surface area contributed by atoms with E-state index in [2.05, 4.69) is 15.8 Å². The molecule has 0 aliphatic heterocycles. The number of rotatable bonds is 7. The SMILES string of the molecule is C/C(=N\NC(=O)COc1cccc(C)c1C)c1cccc(NC(=O)c2cccc(C)c2)c1. The van der Waals surface area contributed by atoms with Gasteiger partial charge in [0.05, 0.1) is 5.71 Å². The zero-order valence-electron chi connectivity index (χ0n) is 18.7. The van der Waals surface area contributed by atoms with Gasteiger partial charge in [0.25, 0.3) is 11.8 Å². The summed E-state index contributed by atoms with van der Waals surface area (Å²) in [6, 6.07) is 20.4. The van der Waals surface area contributed by atoms with Crippen LogP contribution in [0.5, 0.6) is 5.75 Å². The number of anilines is 1. The quantitative estimate of drug-likeness (QED) is 0.419. The van der Waals surface area contributed by atoms with Crippen molar-refractivity contribution < 1.29 is 14.3 Å². The Hall–Kier alpha value is -3.93. The standard InChI is InChI=1S/C26H27N3O3/c1-17-8-5-11-22(14-17)26(31)27-23-12-7-10-21(15-23)20(4)28-29-25(30)16-32-24-13-6-9-18(2)19(24)3/h5-15H,16H2,1-4H3,(H,27,31)(H,29,30)/b28-20+. The molecular formula is C26H27N3O3. The number of ether oxygens (including phenoxy) is 1. The van der Waals surface area contributed by atoms with Gasteiger partial charge in [-0.05, 0) is 74.7 Å². The number of hydrogen-bond donors (Lipinski definition) is 2. The van der Waals surface area contributed by atoms with E-state index in [-0.39, 0.29) is 18.4 Å². The summed E-state index contributed by atoms with van der Waals surface area (Å²) in [4.78, 5) is 24.6. The lowest BCUT2D eigenvalue weighted by molar-refractivity contribution is -0.123. The highest BCUT2D eigenvalue weighted by Gasteiger charge is 2.09. The summed E-state index contributed by atoms with van der Waals surface area (Å²) >= 11 is 0. The van der Waals surface area contributed by atoms with Crippen molar-refractivity contribution in [3.8, 4) is 5.75 Å². The Morgan fingerprint density at radius 3 is 2.41 bits per heavy atom. The first kappa shape index (κ1) is 22.7. The third-order valence-electron chi connectivity index (χ3n) is 5.08. The van der Waals surface area contributed by atoms with E-state index in [9.17, 15) is 9.59 Å². The van der Waals surface area contributed by atoms with Crippen molar-refractivity contribution in [3.63, 3.8) is 0 Å². The Bertz CT molecular complexity index is 1170. The molecule has 0 aromatic heterocycles. The Labute approximate surface area is 188 Å². The van der Waals surface area contributed by atoms with Gasteiger partial charge in [-0.15, -0.1) is 0 Å². The van der Waals surface area contributed by atoms with Crippen LogP contribution in [0, 0.1) is 20.8 Å². The molecule has 0 heterocycles. The zero-order valence-corrected chi connectivity index (χ0v) is 18.7. The fourth-order valence-electron chi connectivity index (χ4n) is 3.08. The van der Waals surface area contributed by atoms with Gasteiger partial charge >= 0.3 is 0 Å². The minimum Gasteiger partial charge on any atom is -0.483 e. The molecule has 0 atom stereocenters. The minimum absolute atomic E-state index is 0.131. The number of nitrogens with one attached hydrogen (secondary N) is 2. The second-order valence-corrected chi connectivity index (χ2v) is 7.62. The molecule has 0 spiro atoms. The molecule has 164 valence electrons. The number of nitrogens with zero attached hydrogens (tertiary/aromatic N) is 1. The van der Waals surface area contributed by atoms with Gasteiger partial charge in [-0.3, -0.25) is 9.59 Å². The number of carbonyl (C=O) groups excluding carboxylic acids is 2. The fraction of sp³-hybridized carbons (Fsp3) is 0.192. The summed E-state index contributed by atoms with van der Waals surface area (Å²) in [7, 11) is 0. The van der Waals surface area contributed by atoms with Crippen molar-refractivity contribution >= 4 is 23.2 Å². The van der Waals surface area contributed by atoms with Gasteiger partial charge in [0.1, 0.15) is 5.75 Å². The van der Waals surface area contributed by atoms with Crippen molar-refractivity contribution in [2.75, 3.05) is 11.9 Å². The predicted octanol–water partition coefficient (Wildman–Crippen LogP) is 4.78. The van der Waals surface area contributed by atoms with Crippen LogP contribution in [0.15, 0.2) is 71.8 Å². The number of amides is 2. The summed E-state index contributed by atoms with van der Waals surface area (Å²) < 4.78 is 5.60. The zero-order chi connectivity index (χ0) is 23.1. The van der Waals surface area contributed by atoms with Gasteiger partial charge < -0.3 is 10.1 Å². The van der Waals surface area contributed by atoms with E-state index in [1.54, 1.807) is 19.1 Å². The highest BCUT2D eigenvalue weighted by Crippen LogP contribution is 2.20. The number of hydrogen-bond acceptors (Lipinski definition) is 4. The first-order valence-electron chi connectivity index (χ1n) is 10.3. The third-order valence-corrected chi connectivity index (χ3v) is 5.08. The topological polar surface area (TPSA) is 79.8 Å². The van der Waals surface area contributed by atoms with Gasteiger partial charge in [0.2, 0.25) is 0 Å². The molecule has 32 heavy (non-hydrogen) atoms. The summed E-state index contributed by atoms with van der Waals surface area (Å²) in [6.07, 6.45) is 0. The lowest BCUT2D eigenvalue weighted by atomic mass is 10.1. The first-order chi connectivity index (χ1) is 15.3. The monoisotopic (exact) mass is 429 g/mol. The van der Waals surface area contributed by atoms with Gasteiger partial charge in [-0.2, -0.15) is 5.10 Å². The maximum absolute atomic E-state index is 12.5. The van der Waals surface area contributed by atoms with Crippen LogP contribution < -0.4 is 15.5 Å². The Kier molecular flexibility index (Phi) is 7.39. The van der Waals surface area contributed by atoms with Gasteiger partial charge in [-0.1, -0.05) is 42.0 Å². The van der Waals surface area contributed by atoms with Gasteiger partial charge in [-0.25, -0.2) is 5.43 Å². The molecular weight excluding hydrogens is 402 g/mol. The summed E-state index contributed by atoms with van der Waals surface area (Å²) in [5.41, 5.74) is 8.27. The van der Waals surface area contributed by atoms with Crippen molar-refractivity contribution in [2.24, 2.45) is 5.10 Å². The number of benzene rings is 3. The van der Waals surface area contributed by atoms with Crippen LogP contribution in [0.1, 0.15) is 39.5 Å². The van der Waals surface area contributed by atoms with Crippen molar-refractivity contribution in [3.05, 3.63) is 94.5 Å². The van der Waals surface area contributed by atoms with Crippen molar-refractivity contribution in [1.82, 2.24) is 5.43 Å². The van der Waals surface area contributed by atoms with E-state index in [0.717, 1.165) is 22.3 Å². The van der Waals surface area contributed by atoms with Crippen molar-refractivity contribution in [1.29, 1.82) is 0 Å². The van der Waals surface area contributed by atoms with Gasteiger partial charge in [0.15, 0.2) is 6.61 Å². The molecule has 0 saturated heterocycles. The average Bonchev–Trinajstić information content (AvgIpc) is 2.78. The highest BCUT2D eigenvalue weighted by molar-refractivity contribution is 6.05. The minimum atomic E-state index is -0.353. The Morgan fingerprint density at radius 1 is 0.906 bits per heavy atom. The largest absolute Gasteiger partial charge is 0.483 e. The Balaban J connectivity index is 1.59. The van der Waals surface area contributed by atoms with Crippen LogP contribution in [0.4, 0.5) is 5.69 Å². The molecule has 0 saturated carbocycles. The Morgan fingerprint density at radius 2 is 1.62 bits per heavy atom.